The Morgan fingerprint density at radius 1 is 1.14 bits per heavy atom. The van der Waals surface area contributed by atoms with E-state index in [1.807, 2.05) is 24.8 Å². The lowest BCUT2D eigenvalue weighted by atomic mass is 10.1. The summed E-state index contributed by atoms with van der Waals surface area (Å²) in [6, 6.07) is 6.82. The predicted molar refractivity (Wildman–Crippen MR) is 102 cm³/mol. The number of nitrogens with one attached hydrogen (secondary N) is 1. The van der Waals surface area contributed by atoms with Crippen LogP contribution in [0.2, 0.25) is 0 Å². The minimum absolute atomic E-state index is 0.235. The summed E-state index contributed by atoms with van der Waals surface area (Å²) in [5.74, 6) is 0.782. The van der Waals surface area contributed by atoms with Crippen LogP contribution in [-0.4, -0.2) is 59.9 Å². The highest BCUT2D eigenvalue weighted by atomic mass is 19.4. The van der Waals surface area contributed by atoms with Crippen LogP contribution < -0.4 is 15.0 Å². The SMILES string of the molecule is CCNc1cc(C)nc(N2CCN(C(=O)c3ccc(OC(F)(F)F)cc3)CC2)n1. The minimum Gasteiger partial charge on any atom is -0.406 e. The molecule has 1 aliphatic heterocycles. The Labute approximate surface area is 166 Å². The van der Waals surface area contributed by atoms with Crippen molar-refractivity contribution in [3.63, 3.8) is 0 Å². The average molecular weight is 409 g/mol. The Morgan fingerprint density at radius 2 is 1.79 bits per heavy atom. The third-order valence-electron chi connectivity index (χ3n) is 4.38. The zero-order chi connectivity index (χ0) is 21.0. The molecule has 7 nitrogen and oxygen atoms in total. The fourth-order valence-electron chi connectivity index (χ4n) is 3.06. The van der Waals surface area contributed by atoms with Crippen LogP contribution in [0.15, 0.2) is 30.3 Å². The van der Waals surface area contributed by atoms with E-state index in [1.54, 1.807) is 4.90 Å². The van der Waals surface area contributed by atoms with Crippen LogP contribution in [0.25, 0.3) is 0 Å². The molecule has 0 spiro atoms. The number of benzene rings is 1. The van der Waals surface area contributed by atoms with E-state index in [0.29, 0.717) is 37.7 Å². The standard InChI is InChI=1S/C19H22F3N5O2/c1-3-23-16-12-13(2)24-18(25-16)27-10-8-26(9-11-27)17(28)14-4-6-15(7-5-14)29-19(20,21)22/h4-7,12H,3,8-11H2,1-2H3,(H,23,24,25). The molecular weight excluding hydrogens is 387 g/mol. The van der Waals surface area contributed by atoms with Crippen LogP contribution in [0.5, 0.6) is 5.75 Å². The van der Waals surface area contributed by atoms with E-state index >= 15 is 0 Å². The Kier molecular flexibility index (Phi) is 6.09. The molecule has 3 rings (SSSR count). The van der Waals surface area contributed by atoms with Gasteiger partial charge >= 0.3 is 6.36 Å². The molecule has 0 saturated carbocycles. The number of aryl methyl sites for hydroxylation is 1. The highest BCUT2D eigenvalue weighted by molar-refractivity contribution is 5.94. The van der Waals surface area contributed by atoms with Gasteiger partial charge in [-0.05, 0) is 38.1 Å². The van der Waals surface area contributed by atoms with Gasteiger partial charge in [-0.3, -0.25) is 4.79 Å². The number of piperazine rings is 1. The van der Waals surface area contributed by atoms with E-state index in [-0.39, 0.29) is 11.7 Å². The first kappa shape index (κ1) is 20.7. The van der Waals surface area contributed by atoms with Gasteiger partial charge in [0.25, 0.3) is 5.91 Å². The zero-order valence-electron chi connectivity index (χ0n) is 16.2. The van der Waals surface area contributed by atoms with Crippen molar-refractivity contribution in [3.05, 3.63) is 41.6 Å². The van der Waals surface area contributed by atoms with Crippen molar-refractivity contribution in [3.8, 4) is 5.75 Å². The summed E-state index contributed by atoms with van der Waals surface area (Å²) >= 11 is 0. The fourth-order valence-corrected chi connectivity index (χ4v) is 3.06. The first-order valence-corrected chi connectivity index (χ1v) is 9.25. The number of aromatic nitrogens is 2. The summed E-state index contributed by atoms with van der Waals surface area (Å²) in [7, 11) is 0. The number of halogens is 3. The summed E-state index contributed by atoms with van der Waals surface area (Å²) in [5.41, 5.74) is 1.17. The molecule has 1 aromatic heterocycles. The summed E-state index contributed by atoms with van der Waals surface area (Å²) in [6.45, 7) is 6.71. The number of hydrogen-bond donors (Lipinski definition) is 1. The third-order valence-corrected chi connectivity index (χ3v) is 4.38. The van der Waals surface area contributed by atoms with Crippen molar-refractivity contribution in [1.82, 2.24) is 14.9 Å². The second-order valence-corrected chi connectivity index (χ2v) is 6.58. The second-order valence-electron chi connectivity index (χ2n) is 6.58. The van der Waals surface area contributed by atoms with Crippen LogP contribution >= 0.6 is 0 Å². The van der Waals surface area contributed by atoms with Crippen molar-refractivity contribution in [2.45, 2.75) is 20.2 Å². The Balaban J connectivity index is 1.61. The topological polar surface area (TPSA) is 70.6 Å². The van der Waals surface area contributed by atoms with Crippen molar-refractivity contribution < 1.29 is 22.7 Å². The smallest absolute Gasteiger partial charge is 0.406 e. The van der Waals surface area contributed by atoms with Crippen molar-refractivity contribution in [2.75, 3.05) is 42.9 Å². The van der Waals surface area contributed by atoms with Gasteiger partial charge in [-0.15, -0.1) is 13.2 Å². The maximum Gasteiger partial charge on any atom is 0.573 e. The monoisotopic (exact) mass is 409 g/mol. The highest BCUT2D eigenvalue weighted by Crippen LogP contribution is 2.23. The van der Waals surface area contributed by atoms with Crippen molar-refractivity contribution in [1.29, 1.82) is 0 Å². The number of carbonyl (C=O) groups excluding carboxylic acids is 1. The Bertz CT molecular complexity index is 850. The van der Waals surface area contributed by atoms with E-state index < -0.39 is 6.36 Å². The molecule has 0 atom stereocenters. The first-order valence-electron chi connectivity index (χ1n) is 9.25. The number of alkyl halides is 3. The van der Waals surface area contributed by atoms with Crippen molar-refractivity contribution >= 4 is 17.7 Å². The molecule has 1 saturated heterocycles. The molecule has 0 aliphatic carbocycles. The number of carbonyl (C=O) groups is 1. The maximum absolute atomic E-state index is 12.6. The Hall–Kier alpha value is -3.04. The molecule has 156 valence electrons. The van der Waals surface area contributed by atoms with Gasteiger partial charge in [0, 0.05) is 50.0 Å². The molecule has 2 heterocycles. The van der Waals surface area contributed by atoms with Gasteiger partial charge in [0.2, 0.25) is 5.95 Å². The lowest BCUT2D eigenvalue weighted by Gasteiger charge is -2.35. The van der Waals surface area contributed by atoms with Gasteiger partial charge in [0.15, 0.2) is 0 Å². The van der Waals surface area contributed by atoms with Gasteiger partial charge in [0.05, 0.1) is 0 Å². The molecule has 1 fully saturated rings. The van der Waals surface area contributed by atoms with E-state index in [4.69, 9.17) is 0 Å². The van der Waals surface area contributed by atoms with Crippen LogP contribution in [0.3, 0.4) is 0 Å². The van der Waals surface area contributed by atoms with Crippen LogP contribution in [0.1, 0.15) is 23.0 Å². The third kappa shape index (κ3) is 5.49. The van der Waals surface area contributed by atoms with E-state index in [0.717, 1.165) is 30.2 Å². The lowest BCUT2D eigenvalue weighted by molar-refractivity contribution is -0.274. The molecule has 1 aliphatic rings. The van der Waals surface area contributed by atoms with Gasteiger partial charge in [0.1, 0.15) is 11.6 Å². The number of nitrogens with zero attached hydrogens (tertiary/aromatic N) is 4. The summed E-state index contributed by atoms with van der Waals surface area (Å²) in [4.78, 5) is 25.3. The number of rotatable bonds is 5. The molecular formula is C19H22F3N5O2. The lowest BCUT2D eigenvalue weighted by Crippen LogP contribution is -2.49. The maximum atomic E-state index is 12.6. The van der Waals surface area contributed by atoms with Crippen molar-refractivity contribution in [2.24, 2.45) is 0 Å². The van der Waals surface area contributed by atoms with Crippen LogP contribution in [0, 0.1) is 6.92 Å². The second kappa shape index (κ2) is 8.54. The van der Waals surface area contributed by atoms with Gasteiger partial charge in [-0.1, -0.05) is 0 Å². The molecule has 2 aromatic rings. The number of hydrogen-bond acceptors (Lipinski definition) is 6. The van der Waals surface area contributed by atoms with E-state index in [1.165, 1.54) is 12.1 Å². The molecule has 0 unspecified atom stereocenters. The molecule has 1 amide bonds. The average Bonchev–Trinajstić information content (AvgIpc) is 2.67. The summed E-state index contributed by atoms with van der Waals surface area (Å²) < 4.78 is 40.6. The number of amides is 1. The zero-order valence-corrected chi connectivity index (χ0v) is 16.2. The van der Waals surface area contributed by atoms with Gasteiger partial charge in [-0.25, -0.2) is 4.98 Å². The molecule has 1 N–H and O–H groups in total. The molecule has 0 bridgehead atoms. The summed E-state index contributed by atoms with van der Waals surface area (Å²) in [5, 5.41) is 3.17. The summed E-state index contributed by atoms with van der Waals surface area (Å²) in [6.07, 6.45) is -4.76. The highest BCUT2D eigenvalue weighted by Gasteiger charge is 2.31. The van der Waals surface area contributed by atoms with E-state index in [9.17, 15) is 18.0 Å². The number of ether oxygens (including phenoxy) is 1. The Morgan fingerprint density at radius 3 is 2.38 bits per heavy atom. The van der Waals surface area contributed by atoms with Gasteiger partial charge in [-0.2, -0.15) is 4.98 Å². The largest absolute Gasteiger partial charge is 0.573 e. The first-order chi connectivity index (χ1) is 13.7. The normalized spacial score (nSPS) is 14.7. The fraction of sp³-hybridized carbons (Fsp3) is 0.421. The minimum atomic E-state index is -4.76. The molecule has 1 aromatic carbocycles. The quantitative estimate of drug-likeness (QED) is 0.819. The van der Waals surface area contributed by atoms with Crippen LogP contribution in [-0.2, 0) is 0 Å². The molecule has 0 radical (unpaired) electrons. The predicted octanol–water partition coefficient (Wildman–Crippen LogP) is 3.08. The number of anilines is 2. The molecule has 10 heteroatoms. The molecule has 29 heavy (non-hydrogen) atoms. The van der Waals surface area contributed by atoms with E-state index in [2.05, 4.69) is 20.0 Å². The van der Waals surface area contributed by atoms with Crippen LogP contribution in [0.4, 0.5) is 24.9 Å². The van der Waals surface area contributed by atoms with Gasteiger partial charge < -0.3 is 19.9 Å².